The third kappa shape index (κ3) is 4.72. The van der Waals surface area contributed by atoms with Crippen molar-refractivity contribution >= 4 is 34.9 Å². The van der Waals surface area contributed by atoms with Crippen LogP contribution in [0.25, 0.3) is 0 Å². The molecule has 0 unspecified atom stereocenters. The average molecular weight is 333 g/mol. The molecular weight excluding hydrogens is 316 g/mol. The third-order valence-corrected chi connectivity index (χ3v) is 3.45. The van der Waals surface area contributed by atoms with Crippen molar-refractivity contribution in [3.63, 3.8) is 0 Å². The summed E-state index contributed by atoms with van der Waals surface area (Å²) in [5, 5.41) is 6.47. The number of esters is 1. The van der Waals surface area contributed by atoms with Crippen LogP contribution in [0.4, 0.5) is 11.4 Å². The zero-order chi connectivity index (χ0) is 16.8. The highest BCUT2D eigenvalue weighted by atomic mass is 35.5. The van der Waals surface area contributed by atoms with Gasteiger partial charge in [-0.05, 0) is 55.5 Å². The van der Waals surface area contributed by atoms with Crippen molar-refractivity contribution in [2.45, 2.75) is 13.0 Å². The van der Waals surface area contributed by atoms with E-state index in [-0.39, 0.29) is 5.91 Å². The maximum Gasteiger partial charge on any atom is 0.337 e. The minimum atomic E-state index is -0.449. The fraction of sp³-hybridized carbons (Fsp3) is 0.176. The van der Waals surface area contributed by atoms with Gasteiger partial charge in [0.2, 0.25) is 5.91 Å². The number of amides is 1. The van der Waals surface area contributed by atoms with E-state index in [1.165, 1.54) is 7.11 Å². The van der Waals surface area contributed by atoms with E-state index in [1.54, 1.807) is 55.5 Å². The predicted molar refractivity (Wildman–Crippen MR) is 90.9 cm³/mol. The number of rotatable bonds is 5. The molecule has 0 fully saturated rings. The number of anilines is 2. The molecule has 0 aliphatic heterocycles. The fourth-order valence-corrected chi connectivity index (χ4v) is 2.05. The summed E-state index contributed by atoms with van der Waals surface area (Å²) in [7, 11) is 1.33. The number of hydrogen-bond acceptors (Lipinski definition) is 4. The van der Waals surface area contributed by atoms with Gasteiger partial charge in [-0.1, -0.05) is 11.6 Å². The van der Waals surface area contributed by atoms with E-state index in [2.05, 4.69) is 15.4 Å². The van der Waals surface area contributed by atoms with E-state index < -0.39 is 12.0 Å². The summed E-state index contributed by atoms with van der Waals surface area (Å²) in [5.41, 5.74) is 1.86. The zero-order valence-corrected chi connectivity index (χ0v) is 13.6. The maximum atomic E-state index is 12.1. The lowest BCUT2D eigenvalue weighted by molar-refractivity contribution is -0.116. The highest BCUT2D eigenvalue weighted by Gasteiger charge is 2.13. The summed E-state index contributed by atoms with van der Waals surface area (Å²) in [6, 6.07) is 13.2. The maximum absolute atomic E-state index is 12.1. The van der Waals surface area contributed by atoms with E-state index in [4.69, 9.17) is 11.6 Å². The first kappa shape index (κ1) is 16.8. The molecule has 2 rings (SSSR count). The lowest BCUT2D eigenvalue weighted by Crippen LogP contribution is -2.31. The van der Waals surface area contributed by atoms with E-state index >= 15 is 0 Å². The standard InChI is InChI=1S/C17H17ClN2O3/c1-11(16(21)20-15-9-5-13(18)6-10-15)19-14-7-3-12(4-8-14)17(22)23-2/h3-11,19H,1-2H3,(H,20,21)/t11-/m0/s1. The Kier molecular flexibility index (Phi) is 5.60. The first-order valence-corrected chi connectivity index (χ1v) is 7.39. The van der Waals surface area contributed by atoms with E-state index in [0.717, 1.165) is 5.69 Å². The van der Waals surface area contributed by atoms with E-state index in [0.29, 0.717) is 16.3 Å². The first-order chi connectivity index (χ1) is 11.0. The van der Waals surface area contributed by atoms with Crippen LogP contribution in [-0.4, -0.2) is 25.0 Å². The van der Waals surface area contributed by atoms with Crippen LogP contribution in [0.2, 0.25) is 5.02 Å². The van der Waals surface area contributed by atoms with Gasteiger partial charge in [0.05, 0.1) is 12.7 Å². The molecule has 0 aromatic heterocycles. The second-order valence-corrected chi connectivity index (χ2v) is 5.37. The Labute approximate surface area is 139 Å². The third-order valence-electron chi connectivity index (χ3n) is 3.19. The van der Waals surface area contributed by atoms with Crippen LogP contribution in [-0.2, 0) is 9.53 Å². The Morgan fingerprint density at radius 2 is 1.57 bits per heavy atom. The van der Waals surface area contributed by atoms with E-state index in [1.807, 2.05) is 0 Å². The number of hydrogen-bond donors (Lipinski definition) is 2. The first-order valence-electron chi connectivity index (χ1n) is 7.01. The molecule has 0 bridgehead atoms. The molecular formula is C17H17ClN2O3. The molecule has 0 aliphatic rings. The highest BCUT2D eigenvalue weighted by molar-refractivity contribution is 6.30. The summed E-state index contributed by atoms with van der Waals surface area (Å²) >= 11 is 5.81. The largest absolute Gasteiger partial charge is 0.465 e. The molecule has 0 saturated heterocycles. The Hall–Kier alpha value is -2.53. The summed E-state index contributed by atoms with van der Waals surface area (Å²) in [4.78, 5) is 23.5. The Morgan fingerprint density at radius 3 is 2.13 bits per heavy atom. The summed E-state index contributed by atoms with van der Waals surface area (Å²) in [6.07, 6.45) is 0. The summed E-state index contributed by atoms with van der Waals surface area (Å²) < 4.78 is 4.64. The molecule has 0 heterocycles. The number of halogens is 1. The second kappa shape index (κ2) is 7.65. The van der Waals surface area contributed by atoms with Crippen LogP contribution in [0.3, 0.4) is 0 Å². The highest BCUT2D eigenvalue weighted by Crippen LogP contribution is 2.15. The molecule has 0 radical (unpaired) electrons. The molecule has 5 nitrogen and oxygen atoms in total. The van der Waals surface area contributed by atoms with Crippen LogP contribution >= 0.6 is 11.6 Å². The quantitative estimate of drug-likeness (QED) is 0.821. The van der Waals surface area contributed by atoms with Crippen LogP contribution in [0.1, 0.15) is 17.3 Å². The number of nitrogens with one attached hydrogen (secondary N) is 2. The van der Waals surface area contributed by atoms with Crippen molar-refractivity contribution in [1.29, 1.82) is 0 Å². The normalized spacial score (nSPS) is 11.4. The second-order valence-electron chi connectivity index (χ2n) is 4.93. The molecule has 120 valence electrons. The smallest absolute Gasteiger partial charge is 0.337 e. The Balaban J connectivity index is 1.95. The monoisotopic (exact) mass is 332 g/mol. The average Bonchev–Trinajstić information content (AvgIpc) is 2.56. The molecule has 2 aromatic carbocycles. The molecule has 2 N–H and O–H groups in total. The van der Waals surface area contributed by atoms with E-state index in [9.17, 15) is 9.59 Å². The number of carbonyl (C=O) groups excluding carboxylic acids is 2. The fourth-order valence-electron chi connectivity index (χ4n) is 1.92. The lowest BCUT2D eigenvalue weighted by Gasteiger charge is -2.15. The van der Waals surface area contributed by atoms with Crippen LogP contribution < -0.4 is 10.6 Å². The van der Waals surface area contributed by atoms with Crippen molar-refractivity contribution in [3.8, 4) is 0 Å². The topological polar surface area (TPSA) is 67.4 Å². The predicted octanol–water partition coefficient (Wildman–Crippen LogP) is 3.57. The Morgan fingerprint density at radius 1 is 1.00 bits per heavy atom. The van der Waals surface area contributed by atoms with Crippen molar-refractivity contribution < 1.29 is 14.3 Å². The zero-order valence-electron chi connectivity index (χ0n) is 12.8. The van der Waals surface area contributed by atoms with Crippen LogP contribution in [0, 0.1) is 0 Å². The minimum Gasteiger partial charge on any atom is -0.465 e. The summed E-state index contributed by atoms with van der Waals surface area (Å²) in [5.74, 6) is -0.575. The SMILES string of the molecule is COC(=O)c1ccc(N[C@@H](C)C(=O)Nc2ccc(Cl)cc2)cc1. The Bertz CT molecular complexity index is 684. The van der Waals surface area contributed by atoms with Crippen molar-refractivity contribution in [3.05, 3.63) is 59.1 Å². The molecule has 2 aromatic rings. The molecule has 6 heteroatoms. The lowest BCUT2D eigenvalue weighted by atomic mass is 10.2. The minimum absolute atomic E-state index is 0.177. The number of methoxy groups -OCH3 is 1. The number of carbonyl (C=O) groups is 2. The van der Waals surface area contributed by atoms with Gasteiger partial charge in [0, 0.05) is 16.4 Å². The van der Waals surface area contributed by atoms with Gasteiger partial charge in [-0.3, -0.25) is 4.79 Å². The van der Waals surface area contributed by atoms with Gasteiger partial charge in [0.25, 0.3) is 0 Å². The van der Waals surface area contributed by atoms with Gasteiger partial charge in [-0.25, -0.2) is 4.79 Å². The van der Waals surface area contributed by atoms with Gasteiger partial charge in [-0.15, -0.1) is 0 Å². The van der Waals surface area contributed by atoms with Crippen molar-refractivity contribution in [1.82, 2.24) is 0 Å². The molecule has 1 amide bonds. The molecule has 0 aliphatic carbocycles. The van der Waals surface area contributed by atoms with Gasteiger partial charge in [-0.2, -0.15) is 0 Å². The molecule has 0 spiro atoms. The van der Waals surface area contributed by atoms with Crippen molar-refractivity contribution in [2.75, 3.05) is 17.7 Å². The number of benzene rings is 2. The number of ether oxygens (including phenoxy) is 1. The molecule has 1 atom stereocenters. The van der Waals surface area contributed by atoms with Crippen molar-refractivity contribution in [2.24, 2.45) is 0 Å². The van der Waals surface area contributed by atoms with Gasteiger partial charge in [0.15, 0.2) is 0 Å². The van der Waals surface area contributed by atoms with Crippen LogP contribution in [0.15, 0.2) is 48.5 Å². The van der Waals surface area contributed by atoms with Crippen LogP contribution in [0.5, 0.6) is 0 Å². The van der Waals surface area contributed by atoms with Gasteiger partial charge in [0.1, 0.15) is 6.04 Å². The molecule has 0 saturated carbocycles. The van der Waals surface area contributed by atoms with Gasteiger partial charge >= 0.3 is 5.97 Å². The van der Waals surface area contributed by atoms with Gasteiger partial charge < -0.3 is 15.4 Å². The molecule has 23 heavy (non-hydrogen) atoms. The summed E-state index contributed by atoms with van der Waals surface area (Å²) in [6.45, 7) is 1.75.